The molecule has 104 valence electrons. The topological polar surface area (TPSA) is 61.8 Å². The molecule has 4 heteroatoms. The zero-order chi connectivity index (χ0) is 14.9. The largest absolute Gasteiger partial charge is 0.511 e. The molecule has 20 heavy (non-hydrogen) atoms. The van der Waals surface area contributed by atoms with Crippen LogP contribution in [0.15, 0.2) is 30.0 Å². The van der Waals surface area contributed by atoms with Crippen LogP contribution in [0, 0.1) is 16.7 Å². The van der Waals surface area contributed by atoms with Gasteiger partial charge in [-0.1, -0.05) is 32.9 Å². The van der Waals surface area contributed by atoms with Crippen molar-refractivity contribution in [1.29, 1.82) is 5.26 Å². The third-order valence-corrected chi connectivity index (χ3v) is 3.11. The number of rotatable bonds is 2. The lowest BCUT2D eigenvalue weighted by molar-refractivity contribution is 0.307. The van der Waals surface area contributed by atoms with Gasteiger partial charge in [-0.3, -0.25) is 0 Å². The van der Waals surface area contributed by atoms with Crippen LogP contribution in [-0.4, -0.2) is 14.7 Å². The van der Waals surface area contributed by atoms with Crippen molar-refractivity contribution in [2.24, 2.45) is 12.5 Å². The molecule has 0 aliphatic rings. The number of hydrogen-bond donors (Lipinski definition) is 1. The molecule has 0 atom stereocenters. The normalized spacial score (nSPS) is 13.2. The predicted molar refractivity (Wildman–Crippen MR) is 79.9 cm³/mol. The van der Waals surface area contributed by atoms with E-state index in [-0.39, 0.29) is 16.7 Å². The number of aliphatic hydroxyl groups is 1. The Morgan fingerprint density at radius 2 is 2.00 bits per heavy atom. The molecular weight excluding hydrogens is 250 g/mol. The summed E-state index contributed by atoms with van der Waals surface area (Å²) in [5, 5.41) is 19.6. The van der Waals surface area contributed by atoms with Gasteiger partial charge in [0.2, 0.25) is 0 Å². The number of aryl methyl sites for hydroxylation is 1. The molecule has 1 aromatic carbocycles. The highest BCUT2D eigenvalue weighted by Gasteiger charge is 2.20. The van der Waals surface area contributed by atoms with Gasteiger partial charge in [0.05, 0.1) is 11.0 Å². The lowest BCUT2D eigenvalue weighted by Gasteiger charge is -2.17. The fourth-order valence-corrected chi connectivity index (χ4v) is 2.20. The zero-order valence-corrected chi connectivity index (χ0v) is 12.3. The van der Waals surface area contributed by atoms with Gasteiger partial charge in [-0.05, 0) is 17.5 Å². The lowest BCUT2D eigenvalue weighted by Crippen LogP contribution is -2.08. The molecule has 1 heterocycles. The SMILES string of the molecule is Cn1c(/C(C#N)=C(\O)CC(C)(C)C)nc2ccccc21. The minimum absolute atomic E-state index is 0.0865. The summed E-state index contributed by atoms with van der Waals surface area (Å²) in [6.07, 6.45) is 0.444. The Kier molecular flexibility index (Phi) is 3.54. The number of nitrogens with zero attached hydrogens (tertiary/aromatic N) is 3. The maximum absolute atomic E-state index is 10.3. The average Bonchev–Trinajstić information content (AvgIpc) is 2.66. The van der Waals surface area contributed by atoms with Gasteiger partial charge in [-0.25, -0.2) is 4.98 Å². The third kappa shape index (κ3) is 2.67. The van der Waals surface area contributed by atoms with Crippen molar-refractivity contribution in [2.75, 3.05) is 0 Å². The first-order valence-electron chi connectivity index (χ1n) is 6.57. The van der Waals surface area contributed by atoms with Gasteiger partial charge in [-0.15, -0.1) is 0 Å². The Morgan fingerprint density at radius 3 is 2.55 bits per heavy atom. The highest BCUT2D eigenvalue weighted by atomic mass is 16.3. The second kappa shape index (κ2) is 5.01. The van der Waals surface area contributed by atoms with Crippen LogP contribution in [0.2, 0.25) is 0 Å². The van der Waals surface area contributed by atoms with E-state index in [0.717, 1.165) is 11.0 Å². The molecule has 1 N–H and O–H groups in total. The Labute approximate surface area is 119 Å². The zero-order valence-electron chi connectivity index (χ0n) is 12.3. The van der Waals surface area contributed by atoms with E-state index in [0.29, 0.717) is 12.2 Å². The molecule has 0 unspecified atom stereocenters. The number of para-hydroxylation sites is 2. The van der Waals surface area contributed by atoms with Crippen molar-refractivity contribution >= 4 is 16.6 Å². The van der Waals surface area contributed by atoms with Crippen molar-refractivity contribution in [3.63, 3.8) is 0 Å². The van der Waals surface area contributed by atoms with Gasteiger partial charge in [0.15, 0.2) is 5.82 Å². The smallest absolute Gasteiger partial charge is 0.155 e. The summed E-state index contributed by atoms with van der Waals surface area (Å²) in [7, 11) is 1.85. The molecule has 0 aliphatic carbocycles. The summed E-state index contributed by atoms with van der Waals surface area (Å²) < 4.78 is 1.84. The predicted octanol–water partition coefficient (Wildman–Crippen LogP) is 3.80. The van der Waals surface area contributed by atoms with E-state index in [1.54, 1.807) is 0 Å². The molecule has 0 amide bonds. The van der Waals surface area contributed by atoms with Crippen molar-refractivity contribution in [3.05, 3.63) is 35.8 Å². The number of imidazole rings is 1. The van der Waals surface area contributed by atoms with E-state index >= 15 is 0 Å². The number of hydrogen-bond acceptors (Lipinski definition) is 3. The number of fused-ring (bicyclic) bond motifs is 1. The summed E-state index contributed by atoms with van der Waals surface area (Å²) in [6, 6.07) is 9.77. The van der Waals surface area contributed by atoms with Crippen LogP contribution in [0.4, 0.5) is 0 Å². The molecule has 0 spiro atoms. The average molecular weight is 269 g/mol. The third-order valence-electron chi connectivity index (χ3n) is 3.11. The van der Waals surface area contributed by atoms with Crippen LogP contribution in [0.1, 0.15) is 33.0 Å². The first-order valence-corrected chi connectivity index (χ1v) is 6.57. The standard InChI is InChI=1S/C16H19N3O/c1-16(2,3)9-14(20)11(10-17)15-18-12-7-5-6-8-13(12)19(15)4/h5-8,20H,9H2,1-4H3/b14-11-. The number of aromatic nitrogens is 2. The summed E-state index contributed by atoms with van der Waals surface area (Å²) in [6.45, 7) is 6.06. The number of nitriles is 1. The van der Waals surface area contributed by atoms with Crippen LogP contribution >= 0.6 is 0 Å². The fourth-order valence-electron chi connectivity index (χ4n) is 2.20. The summed E-state index contributed by atoms with van der Waals surface area (Å²) in [4.78, 5) is 4.46. The van der Waals surface area contributed by atoms with Gasteiger partial charge >= 0.3 is 0 Å². The quantitative estimate of drug-likeness (QED) is 0.666. The van der Waals surface area contributed by atoms with Crippen molar-refractivity contribution in [3.8, 4) is 6.07 Å². The van der Waals surface area contributed by atoms with Crippen LogP contribution in [0.5, 0.6) is 0 Å². The maximum atomic E-state index is 10.3. The van der Waals surface area contributed by atoms with E-state index in [9.17, 15) is 10.4 Å². The maximum Gasteiger partial charge on any atom is 0.155 e. The molecule has 0 bridgehead atoms. The Bertz CT molecular complexity index is 711. The van der Waals surface area contributed by atoms with Crippen molar-refractivity contribution in [2.45, 2.75) is 27.2 Å². The molecule has 0 aliphatic heterocycles. The minimum atomic E-state index is -0.0865. The van der Waals surface area contributed by atoms with E-state index in [4.69, 9.17) is 0 Å². The molecule has 0 saturated heterocycles. The van der Waals surface area contributed by atoms with Gasteiger partial charge < -0.3 is 9.67 Å². The van der Waals surface area contributed by atoms with Gasteiger partial charge in [0.25, 0.3) is 0 Å². The highest BCUT2D eigenvalue weighted by molar-refractivity contribution is 5.83. The van der Waals surface area contributed by atoms with Gasteiger partial charge in [0.1, 0.15) is 17.4 Å². The number of allylic oxidation sites excluding steroid dienone is 2. The monoisotopic (exact) mass is 269 g/mol. The molecule has 4 nitrogen and oxygen atoms in total. The molecule has 2 aromatic rings. The number of benzene rings is 1. The Balaban J connectivity index is 2.58. The van der Waals surface area contributed by atoms with E-state index < -0.39 is 0 Å². The van der Waals surface area contributed by atoms with Gasteiger partial charge in [-0.2, -0.15) is 5.26 Å². The summed E-state index contributed by atoms with van der Waals surface area (Å²) in [5.74, 6) is 0.605. The van der Waals surface area contributed by atoms with Crippen LogP contribution in [0.25, 0.3) is 16.6 Å². The summed E-state index contributed by atoms with van der Waals surface area (Å²) >= 11 is 0. The van der Waals surface area contributed by atoms with Crippen molar-refractivity contribution < 1.29 is 5.11 Å². The molecule has 2 rings (SSSR count). The molecular formula is C16H19N3O. The minimum Gasteiger partial charge on any atom is -0.511 e. The van der Waals surface area contributed by atoms with Gasteiger partial charge in [0, 0.05) is 13.5 Å². The van der Waals surface area contributed by atoms with Crippen LogP contribution in [0.3, 0.4) is 0 Å². The van der Waals surface area contributed by atoms with Crippen LogP contribution < -0.4 is 0 Å². The van der Waals surface area contributed by atoms with E-state index in [1.807, 2.05) is 56.7 Å². The van der Waals surface area contributed by atoms with E-state index in [2.05, 4.69) is 11.1 Å². The Morgan fingerprint density at radius 1 is 1.35 bits per heavy atom. The fraction of sp³-hybridized carbons (Fsp3) is 0.375. The molecule has 1 aromatic heterocycles. The molecule has 0 saturated carbocycles. The highest BCUT2D eigenvalue weighted by Crippen LogP contribution is 2.28. The second-order valence-electron chi connectivity index (χ2n) is 6.15. The Hall–Kier alpha value is -2.28. The first-order chi connectivity index (χ1) is 9.33. The van der Waals surface area contributed by atoms with E-state index in [1.165, 1.54) is 0 Å². The second-order valence-corrected chi connectivity index (χ2v) is 6.15. The molecule has 0 radical (unpaired) electrons. The van der Waals surface area contributed by atoms with Crippen LogP contribution in [-0.2, 0) is 7.05 Å². The number of aliphatic hydroxyl groups excluding tert-OH is 1. The summed E-state index contributed by atoms with van der Waals surface area (Å²) in [5.41, 5.74) is 1.93. The lowest BCUT2D eigenvalue weighted by atomic mass is 9.90. The molecule has 0 fully saturated rings. The first kappa shape index (κ1) is 14.1. The van der Waals surface area contributed by atoms with Crippen molar-refractivity contribution in [1.82, 2.24) is 9.55 Å².